The number of hydrogen-bond donors (Lipinski definition) is 0. The molecule has 0 bridgehead atoms. The molecule has 1 aromatic rings. The minimum absolute atomic E-state index is 0.625. The van der Waals surface area contributed by atoms with Gasteiger partial charge in [-0.15, -0.1) is 0 Å². The van der Waals surface area contributed by atoms with Gasteiger partial charge < -0.3 is 0 Å². The fourth-order valence-electron chi connectivity index (χ4n) is 2.94. The number of aliphatic imine (C=N–C) groups is 1. The maximum atomic E-state index is 4.16. The van der Waals surface area contributed by atoms with Crippen LogP contribution in [0.25, 0.3) is 0 Å². The third-order valence-corrected chi connectivity index (χ3v) is 7.01. The van der Waals surface area contributed by atoms with Gasteiger partial charge in [0.15, 0.2) is 0 Å². The summed E-state index contributed by atoms with van der Waals surface area (Å²) in [6, 6.07) is 11.0. The van der Waals surface area contributed by atoms with E-state index < -0.39 is 0 Å². The van der Waals surface area contributed by atoms with Gasteiger partial charge in [0.2, 0.25) is 0 Å². The standard InChI is InChI=1S/C15H25S.C7H13N/c1-3-5-12-16(13-6-4-2)14-15-10-8-7-9-11-15;1-8-7-5-3-2-4-6-7/h7-11H,3-6,12-14H2,1-2H3;2-6H2,1H3/q+1;. The highest BCUT2D eigenvalue weighted by molar-refractivity contribution is 7.96. The fourth-order valence-corrected chi connectivity index (χ4v) is 5.49. The van der Waals surface area contributed by atoms with Gasteiger partial charge in [0.05, 0.1) is 0 Å². The Hall–Kier alpha value is -0.760. The van der Waals surface area contributed by atoms with Gasteiger partial charge in [-0.25, -0.2) is 0 Å². The highest BCUT2D eigenvalue weighted by Gasteiger charge is 2.16. The van der Waals surface area contributed by atoms with Crippen molar-refractivity contribution >= 4 is 16.6 Å². The van der Waals surface area contributed by atoms with Gasteiger partial charge in [-0.05, 0) is 49.4 Å². The number of hydrogen-bond acceptors (Lipinski definition) is 1. The molecule has 0 unspecified atom stereocenters. The van der Waals surface area contributed by atoms with E-state index in [-0.39, 0.29) is 0 Å². The number of benzene rings is 1. The molecule has 0 N–H and O–H groups in total. The Kier molecular flexibility index (Phi) is 12.9. The molecule has 0 heterocycles. The van der Waals surface area contributed by atoms with Crippen LogP contribution in [0.4, 0.5) is 0 Å². The van der Waals surface area contributed by atoms with Gasteiger partial charge in [-0.1, -0.05) is 63.4 Å². The molecule has 0 radical (unpaired) electrons. The summed E-state index contributed by atoms with van der Waals surface area (Å²) < 4.78 is 0. The molecular weight excluding hydrogens is 310 g/mol. The molecule has 0 amide bonds. The fraction of sp³-hybridized carbons (Fsp3) is 0.682. The first-order chi connectivity index (χ1) is 11.8. The van der Waals surface area contributed by atoms with Crippen LogP contribution in [0.1, 0.15) is 77.2 Å². The van der Waals surface area contributed by atoms with E-state index >= 15 is 0 Å². The quantitative estimate of drug-likeness (QED) is 0.480. The molecule has 1 saturated carbocycles. The maximum absolute atomic E-state index is 4.16. The molecule has 1 fully saturated rings. The molecule has 0 atom stereocenters. The minimum atomic E-state index is 0.625. The molecule has 0 spiro atoms. The summed E-state index contributed by atoms with van der Waals surface area (Å²) in [5.74, 6) is 4.18. The third kappa shape index (κ3) is 10.2. The van der Waals surface area contributed by atoms with E-state index in [9.17, 15) is 0 Å². The molecule has 1 aliphatic carbocycles. The Morgan fingerprint density at radius 1 is 0.875 bits per heavy atom. The molecular formula is C22H38NS+. The van der Waals surface area contributed by atoms with E-state index in [4.69, 9.17) is 0 Å². The summed E-state index contributed by atoms with van der Waals surface area (Å²) in [6.07, 6.45) is 12.2. The summed E-state index contributed by atoms with van der Waals surface area (Å²) in [5.41, 5.74) is 2.95. The summed E-state index contributed by atoms with van der Waals surface area (Å²) in [4.78, 5) is 4.16. The second-order valence-corrected chi connectivity index (χ2v) is 9.04. The smallest absolute Gasteiger partial charge is 0.133 e. The van der Waals surface area contributed by atoms with Crippen LogP contribution in [0.2, 0.25) is 0 Å². The second kappa shape index (κ2) is 14.6. The maximum Gasteiger partial charge on any atom is 0.133 e. The predicted octanol–water partition coefficient (Wildman–Crippen LogP) is 6.43. The third-order valence-electron chi connectivity index (χ3n) is 4.53. The van der Waals surface area contributed by atoms with Gasteiger partial charge in [0.25, 0.3) is 0 Å². The van der Waals surface area contributed by atoms with E-state index in [0.29, 0.717) is 10.9 Å². The van der Waals surface area contributed by atoms with E-state index in [0.717, 1.165) is 0 Å². The summed E-state index contributed by atoms with van der Waals surface area (Å²) in [7, 11) is 2.53. The van der Waals surface area contributed by atoms with Crippen molar-refractivity contribution in [2.45, 2.75) is 77.4 Å². The molecule has 0 aliphatic heterocycles. The first-order valence-electron chi connectivity index (χ1n) is 9.92. The molecule has 136 valence electrons. The van der Waals surface area contributed by atoms with Crippen LogP contribution in [0.15, 0.2) is 35.3 Å². The van der Waals surface area contributed by atoms with Crippen LogP contribution in [0, 0.1) is 0 Å². The molecule has 1 aromatic carbocycles. The Balaban J connectivity index is 0.000000300. The number of unbranched alkanes of at least 4 members (excludes halogenated alkanes) is 2. The van der Waals surface area contributed by atoms with Gasteiger partial charge in [0, 0.05) is 18.3 Å². The lowest BCUT2D eigenvalue weighted by Gasteiger charge is -2.10. The number of nitrogens with zero attached hydrogens (tertiary/aromatic N) is 1. The normalized spacial score (nSPS) is 14.2. The van der Waals surface area contributed by atoms with Crippen molar-refractivity contribution in [2.24, 2.45) is 4.99 Å². The number of rotatable bonds is 8. The van der Waals surface area contributed by atoms with Crippen LogP contribution < -0.4 is 0 Å². The first kappa shape index (κ1) is 21.3. The zero-order chi connectivity index (χ0) is 17.5. The zero-order valence-electron chi connectivity index (χ0n) is 16.2. The van der Waals surface area contributed by atoms with E-state index in [1.54, 1.807) is 0 Å². The minimum Gasteiger partial charge on any atom is -0.297 e. The highest BCUT2D eigenvalue weighted by Crippen LogP contribution is 2.14. The molecule has 1 nitrogen and oxygen atoms in total. The van der Waals surface area contributed by atoms with E-state index in [2.05, 4.69) is 49.2 Å². The summed E-state index contributed by atoms with van der Waals surface area (Å²) in [6.45, 7) is 4.59. The van der Waals surface area contributed by atoms with Crippen molar-refractivity contribution < 1.29 is 0 Å². The first-order valence-corrected chi connectivity index (χ1v) is 11.7. The predicted molar refractivity (Wildman–Crippen MR) is 114 cm³/mol. The van der Waals surface area contributed by atoms with Crippen molar-refractivity contribution in [3.63, 3.8) is 0 Å². The van der Waals surface area contributed by atoms with Crippen LogP contribution in [0.5, 0.6) is 0 Å². The van der Waals surface area contributed by atoms with Gasteiger partial charge in [-0.3, -0.25) is 4.99 Å². The monoisotopic (exact) mass is 348 g/mol. The van der Waals surface area contributed by atoms with E-state index in [1.165, 1.54) is 86.3 Å². The lowest BCUT2D eigenvalue weighted by atomic mass is 9.99. The molecule has 2 rings (SSSR count). The Morgan fingerprint density at radius 2 is 1.46 bits per heavy atom. The summed E-state index contributed by atoms with van der Waals surface area (Å²) >= 11 is 0. The molecule has 2 heteroatoms. The molecule has 0 aromatic heterocycles. The highest BCUT2D eigenvalue weighted by atomic mass is 32.2. The van der Waals surface area contributed by atoms with Gasteiger partial charge >= 0.3 is 0 Å². The van der Waals surface area contributed by atoms with Crippen molar-refractivity contribution in [2.75, 3.05) is 18.6 Å². The van der Waals surface area contributed by atoms with Crippen LogP contribution >= 0.6 is 0 Å². The molecule has 24 heavy (non-hydrogen) atoms. The Morgan fingerprint density at radius 3 is 1.92 bits per heavy atom. The van der Waals surface area contributed by atoms with Crippen LogP contribution in [-0.4, -0.2) is 24.3 Å². The van der Waals surface area contributed by atoms with Gasteiger partial charge in [-0.2, -0.15) is 0 Å². The zero-order valence-corrected chi connectivity index (χ0v) is 17.0. The Labute approximate surface area is 153 Å². The average Bonchev–Trinajstić information content (AvgIpc) is 2.66. The Bertz CT molecular complexity index is 411. The lowest BCUT2D eigenvalue weighted by Crippen LogP contribution is -2.14. The van der Waals surface area contributed by atoms with Crippen LogP contribution in [-0.2, 0) is 16.6 Å². The van der Waals surface area contributed by atoms with E-state index in [1.807, 2.05) is 7.05 Å². The second-order valence-electron chi connectivity index (χ2n) is 6.71. The molecule has 1 aliphatic rings. The van der Waals surface area contributed by atoms with Crippen molar-refractivity contribution in [3.8, 4) is 0 Å². The molecule has 0 saturated heterocycles. The van der Waals surface area contributed by atoms with Gasteiger partial charge in [0.1, 0.15) is 17.3 Å². The lowest BCUT2D eigenvalue weighted by molar-refractivity contribution is 0.666. The van der Waals surface area contributed by atoms with Crippen molar-refractivity contribution in [3.05, 3.63) is 35.9 Å². The summed E-state index contributed by atoms with van der Waals surface area (Å²) in [5, 5.41) is 0. The van der Waals surface area contributed by atoms with Crippen LogP contribution in [0.3, 0.4) is 0 Å². The topological polar surface area (TPSA) is 12.4 Å². The van der Waals surface area contributed by atoms with Crippen molar-refractivity contribution in [1.29, 1.82) is 0 Å². The van der Waals surface area contributed by atoms with Crippen molar-refractivity contribution in [1.82, 2.24) is 0 Å². The SMILES string of the molecule is CCCC[S+](CCCC)Cc1ccccc1.CN=C1CCCCC1. The average molecular weight is 349 g/mol. The largest absolute Gasteiger partial charge is 0.297 e.